The van der Waals surface area contributed by atoms with E-state index >= 15 is 0 Å². The fraction of sp³-hybridized carbons (Fsp3) is 0.462. The molecule has 21 heavy (non-hydrogen) atoms. The number of aliphatic hydroxyl groups excluding tert-OH is 1. The standard InChI is InChI=1S/C13H16FNO5S/c14-9-6-5-8(13(17)18)7-12(9)21(19,20)15-10-3-1-2-4-11(10)16/h5-7,10-11,15-16H,1-4H2,(H,17,18)/t10-,11-/m0/s1. The quantitative estimate of drug-likeness (QED) is 0.771. The highest BCUT2D eigenvalue weighted by molar-refractivity contribution is 7.89. The molecule has 0 amide bonds. The second-order valence-corrected chi connectivity index (χ2v) is 6.71. The number of sulfonamides is 1. The Morgan fingerprint density at radius 2 is 1.95 bits per heavy atom. The van der Waals surface area contributed by atoms with Crippen LogP contribution in [0.2, 0.25) is 0 Å². The first kappa shape index (κ1) is 15.9. The third kappa shape index (κ3) is 3.58. The molecule has 6 nitrogen and oxygen atoms in total. The van der Waals surface area contributed by atoms with Crippen molar-refractivity contribution in [2.24, 2.45) is 0 Å². The average molecular weight is 317 g/mol. The van der Waals surface area contributed by atoms with Gasteiger partial charge in [-0.1, -0.05) is 12.8 Å². The molecule has 0 aromatic heterocycles. The van der Waals surface area contributed by atoms with E-state index in [0.29, 0.717) is 12.8 Å². The van der Waals surface area contributed by atoms with Gasteiger partial charge >= 0.3 is 5.97 Å². The molecular weight excluding hydrogens is 301 g/mol. The number of carboxylic acid groups (broad SMARTS) is 1. The molecule has 0 unspecified atom stereocenters. The predicted octanol–water partition coefficient (Wildman–Crippen LogP) is 1.11. The number of halogens is 1. The molecule has 0 spiro atoms. The molecular formula is C13H16FNO5S. The third-order valence-electron chi connectivity index (χ3n) is 3.50. The van der Waals surface area contributed by atoms with Crippen molar-refractivity contribution >= 4 is 16.0 Å². The zero-order chi connectivity index (χ0) is 15.6. The van der Waals surface area contributed by atoms with Gasteiger partial charge < -0.3 is 10.2 Å². The Balaban J connectivity index is 2.30. The number of hydrogen-bond acceptors (Lipinski definition) is 4. The van der Waals surface area contributed by atoms with Crippen LogP contribution >= 0.6 is 0 Å². The van der Waals surface area contributed by atoms with Crippen molar-refractivity contribution in [3.8, 4) is 0 Å². The van der Waals surface area contributed by atoms with E-state index in [2.05, 4.69) is 4.72 Å². The van der Waals surface area contributed by atoms with Crippen LogP contribution in [0.4, 0.5) is 4.39 Å². The van der Waals surface area contributed by atoms with E-state index in [9.17, 15) is 22.7 Å². The van der Waals surface area contributed by atoms with E-state index in [0.717, 1.165) is 31.0 Å². The van der Waals surface area contributed by atoms with Crippen LogP contribution in [0.25, 0.3) is 0 Å². The fourth-order valence-electron chi connectivity index (χ4n) is 2.35. The van der Waals surface area contributed by atoms with Crippen LogP contribution in [0.15, 0.2) is 23.1 Å². The van der Waals surface area contributed by atoms with Gasteiger partial charge in [0, 0.05) is 6.04 Å². The highest BCUT2D eigenvalue weighted by Gasteiger charge is 2.30. The molecule has 0 bridgehead atoms. The molecule has 116 valence electrons. The van der Waals surface area contributed by atoms with Crippen molar-refractivity contribution in [1.82, 2.24) is 4.72 Å². The van der Waals surface area contributed by atoms with Gasteiger partial charge in [-0.05, 0) is 31.0 Å². The molecule has 2 rings (SSSR count). The van der Waals surface area contributed by atoms with Crippen molar-refractivity contribution in [3.05, 3.63) is 29.6 Å². The lowest BCUT2D eigenvalue weighted by Gasteiger charge is -2.28. The lowest BCUT2D eigenvalue weighted by Crippen LogP contribution is -2.45. The SMILES string of the molecule is O=C(O)c1ccc(F)c(S(=O)(=O)N[C@H]2CCCC[C@@H]2O)c1. The van der Waals surface area contributed by atoms with Gasteiger partial charge in [0.15, 0.2) is 0 Å². The van der Waals surface area contributed by atoms with Crippen LogP contribution in [0.1, 0.15) is 36.0 Å². The Morgan fingerprint density at radius 3 is 2.57 bits per heavy atom. The number of aliphatic hydroxyl groups is 1. The van der Waals surface area contributed by atoms with Crippen LogP contribution < -0.4 is 4.72 Å². The zero-order valence-electron chi connectivity index (χ0n) is 11.1. The lowest BCUT2D eigenvalue weighted by molar-refractivity contribution is 0.0696. The molecule has 1 aliphatic carbocycles. The van der Waals surface area contributed by atoms with Gasteiger partial charge in [0.25, 0.3) is 0 Å². The van der Waals surface area contributed by atoms with Gasteiger partial charge in [-0.25, -0.2) is 22.3 Å². The second kappa shape index (κ2) is 6.08. The summed E-state index contributed by atoms with van der Waals surface area (Å²) in [5.41, 5.74) is -0.319. The summed E-state index contributed by atoms with van der Waals surface area (Å²) in [6.07, 6.45) is 1.69. The number of aromatic carboxylic acids is 1. The van der Waals surface area contributed by atoms with Gasteiger partial charge in [0.05, 0.1) is 11.7 Å². The molecule has 1 saturated carbocycles. The van der Waals surface area contributed by atoms with E-state index in [1.807, 2.05) is 0 Å². The average Bonchev–Trinajstić information content (AvgIpc) is 2.41. The maximum absolute atomic E-state index is 13.7. The molecule has 0 radical (unpaired) electrons. The van der Waals surface area contributed by atoms with Gasteiger partial charge in [-0.2, -0.15) is 0 Å². The third-order valence-corrected chi connectivity index (χ3v) is 5.01. The van der Waals surface area contributed by atoms with E-state index in [1.165, 1.54) is 0 Å². The molecule has 2 atom stereocenters. The Kier molecular flexibility index (Phi) is 4.60. The maximum atomic E-state index is 13.7. The van der Waals surface area contributed by atoms with Gasteiger partial charge in [-0.15, -0.1) is 0 Å². The maximum Gasteiger partial charge on any atom is 0.335 e. The van der Waals surface area contributed by atoms with E-state index in [1.54, 1.807) is 0 Å². The Hall–Kier alpha value is -1.51. The largest absolute Gasteiger partial charge is 0.478 e. The van der Waals surface area contributed by atoms with Crippen LogP contribution in [0, 0.1) is 5.82 Å². The Morgan fingerprint density at radius 1 is 1.29 bits per heavy atom. The number of carbonyl (C=O) groups is 1. The monoisotopic (exact) mass is 317 g/mol. The Bertz CT molecular complexity index is 646. The lowest BCUT2D eigenvalue weighted by atomic mass is 9.93. The normalized spacial score (nSPS) is 23.0. The summed E-state index contributed by atoms with van der Waals surface area (Å²) in [6.45, 7) is 0. The topological polar surface area (TPSA) is 104 Å². The highest BCUT2D eigenvalue weighted by Crippen LogP contribution is 2.22. The van der Waals surface area contributed by atoms with Gasteiger partial charge in [0.1, 0.15) is 10.7 Å². The highest BCUT2D eigenvalue weighted by atomic mass is 32.2. The van der Waals surface area contributed by atoms with Crippen LogP contribution in [-0.4, -0.2) is 36.7 Å². The summed E-state index contributed by atoms with van der Waals surface area (Å²) in [5, 5.41) is 18.6. The van der Waals surface area contributed by atoms with Crippen LogP contribution in [-0.2, 0) is 10.0 Å². The zero-order valence-corrected chi connectivity index (χ0v) is 11.9. The molecule has 0 saturated heterocycles. The minimum atomic E-state index is -4.23. The summed E-state index contributed by atoms with van der Waals surface area (Å²) in [4.78, 5) is 10.1. The number of hydrogen-bond donors (Lipinski definition) is 3. The van der Waals surface area contributed by atoms with Crippen LogP contribution in [0.5, 0.6) is 0 Å². The summed E-state index contributed by atoms with van der Waals surface area (Å²) in [6, 6.07) is 1.88. The molecule has 1 aliphatic rings. The molecule has 8 heteroatoms. The van der Waals surface area contributed by atoms with Gasteiger partial charge in [-0.3, -0.25) is 0 Å². The van der Waals surface area contributed by atoms with Crippen molar-refractivity contribution in [2.45, 2.75) is 42.7 Å². The second-order valence-electron chi connectivity index (χ2n) is 5.03. The molecule has 1 aromatic carbocycles. The molecule has 1 fully saturated rings. The van der Waals surface area contributed by atoms with Crippen molar-refractivity contribution in [1.29, 1.82) is 0 Å². The Labute approximate surface area is 121 Å². The number of rotatable bonds is 4. The first-order valence-corrected chi connectivity index (χ1v) is 8.03. The summed E-state index contributed by atoms with van der Waals surface area (Å²) in [5.74, 6) is -2.37. The summed E-state index contributed by atoms with van der Waals surface area (Å²) in [7, 11) is -4.23. The van der Waals surface area contributed by atoms with Crippen LogP contribution in [0.3, 0.4) is 0 Å². The fourth-order valence-corrected chi connectivity index (χ4v) is 3.76. The summed E-state index contributed by atoms with van der Waals surface area (Å²) < 4.78 is 40.3. The first-order valence-electron chi connectivity index (χ1n) is 6.54. The van der Waals surface area contributed by atoms with E-state index < -0.39 is 38.9 Å². The minimum absolute atomic E-state index is 0.319. The van der Waals surface area contributed by atoms with E-state index in [-0.39, 0.29) is 5.56 Å². The first-order chi connectivity index (χ1) is 9.81. The smallest absolute Gasteiger partial charge is 0.335 e. The predicted molar refractivity (Wildman–Crippen MR) is 71.9 cm³/mol. The molecule has 3 N–H and O–H groups in total. The minimum Gasteiger partial charge on any atom is -0.478 e. The van der Waals surface area contributed by atoms with Gasteiger partial charge in [0.2, 0.25) is 10.0 Å². The summed E-state index contributed by atoms with van der Waals surface area (Å²) >= 11 is 0. The van der Waals surface area contributed by atoms with Crippen molar-refractivity contribution in [3.63, 3.8) is 0 Å². The number of carboxylic acids is 1. The van der Waals surface area contributed by atoms with Crippen molar-refractivity contribution in [2.75, 3.05) is 0 Å². The molecule has 0 aliphatic heterocycles. The molecule has 1 aromatic rings. The van der Waals surface area contributed by atoms with Crippen molar-refractivity contribution < 1.29 is 27.8 Å². The number of nitrogens with one attached hydrogen (secondary N) is 1. The molecule has 0 heterocycles. The van der Waals surface area contributed by atoms with E-state index in [4.69, 9.17) is 5.11 Å². The number of benzene rings is 1.